The van der Waals surface area contributed by atoms with E-state index < -0.39 is 15.7 Å². The van der Waals surface area contributed by atoms with Gasteiger partial charge in [-0.25, -0.2) is 17.8 Å². The number of halogens is 1. The quantitative estimate of drug-likeness (QED) is 0.170. The van der Waals surface area contributed by atoms with Crippen molar-refractivity contribution in [2.24, 2.45) is 5.92 Å². The number of sulfone groups is 1. The largest absolute Gasteiger partial charge is 0.353 e. The molecule has 9 nitrogen and oxygen atoms in total. The molecule has 1 amide bonds. The standard InChI is InChI=1S/C33H31FN6O3S/c1-19(2)11-31(41)36-24-15-22(17-35-18-24)27-7-8-29-32(38-27)33(40-39-29)30-16-26-25(5-4-6-28(26)37-30)21-12-20(13-23(34)14-21)9-10-44(3,42)43/h4-8,12-19,37H,9-11H2,1-3H3,(H,36,41)(H,39,40). The number of nitrogens with one attached hydrogen (secondary N) is 3. The average molecular weight is 611 g/mol. The van der Waals surface area contributed by atoms with Crippen LogP contribution < -0.4 is 5.32 Å². The van der Waals surface area contributed by atoms with Gasteiger partial charge in [0.2, 0.25) is 5.91 Å². The van der Waals surface area contributed by atoms with Crippen LogP contribution in [0.3, 0.4) is 0 Å². The van der Waals surface area contributed by atoms with Crippen LogP contribution in [0.1, 0.15) is 25.8 Å². The zero-order valence-corrected chi connectivity index (χ0v) is 25.3. The van der Waals surface area contributed by atoms with Crippen LogP contribution >= 0.6 is 0 Å². The summed E-state index contributed by atoms with van der Waals surface area (Å²) in [6.07, 6.45) is 5.13. The van der Waals surface area contributed by atoms with Crippen LogP contribution in [0.4, 0.5) is 10.1 Å². The first-order valence-electron chi connectivity index (χ1n) is 14.2. The summed E-state index contributed by atoms with van der Waals surface area (Å²) in [5.41, 5.74) is 7.68. The third-order valence-corrected chi connectivity index (χ3v) is 8.21. The first-order valence-corrected chi connectivity index (χ1v) is 16.3. The molecule has 4 aromatic heterocycles. The molecule has 44 heavy (non-hydrogen) atoms. The van der Waals surface area contributed by atoms with Crippen molar-refractivity contribution in [1.82, 2.24) is 25.1 Å². The summed E-state index contributed by atoms with van der Waals surface area (Å²) in [6, 6.07) is 18.0. The normalized spacial score (nSPS) is 11.9. The van der Waals surface area contributed by atoms with E-state index in [0.29, 0.717) is 40.1 Å². The Morgan fingerprint density at radius 2 is 1.84 bits per heavy atom. The van der Waals surface area contributed by atoms with Gasteiger partial charge < -0.3 is 10.3 Å². The molecule has 4 heterocycles. The number of aromatic nitrogens is 5. The van der Waals surface area contributed by atoms with E-state index in [1.54, 1.807) is 12.4 Å². The fourth-order valence-electron chi connectivity index (χ4n) is 5.27. The summed E-state index contributed by atoms with van der Waals surface area (Å²) >= 11 is 0. The van der Waals surface area contributed by atoms with Gasteiger partial charge in [0.05, 0.1) is 34.5 Å². The number of rotatable bonds is 9. The zero-order chi connectivity index (χ0) is 31.0. The molecule has 0 fully saturated rings. The minimum atomic E-state index is -3.18. The fraction of sp³-hybridized carbons (Fsp3) is 0.212. The van der Waals surface area contributed by atoms with Gasteiger partial charge in [-0.05, 0) is 71.5 Å². The van der Waals surface area contributed by atoms with E-state index in [4.69, 9.17) is 4.98 Å². The number of aryl methyl sites for hydroxylation is 1. The van der Waals surface area contributed by atoms with Crippen LogP contribution in [0.15, 0.2) is 73.1 Å². The second kappa shape index (κ2) is 11.6. The van der Waals surface area contributed by atoms with E-state index >= 15 is 0 Å². The molecule has 0 aliphatic carbocycles. The maximum Gasteiger partial charge on any atom is 0.224 e. The van der Waals surface area contributed by atoms with Crippen LogP contribution in [-0.2, 0) is 21.1 Å². The van der Waals surface area contributed by atoms with Crippen molar-refractivity contribution in [2.45, 2.75) is 26.7 Å². The van der Waals surface area contributed by atoms with Crippen LogP contribution in [0, 0.1) is 11.7 Å². The lowest BCUT2D eigenvalue weighted by molar-refractivity contribution is -0.116. The van der Waals surface area contributed by atoms with Crippen molar-refractivity contribution in [2.75, 3.05) is 17.3 Å². The van der Waals surface area contributed by atoms with Crippen molar-refractivity contribution in [3.05, 3.63) is 84.4 Å². The van der Waals surface area contributed by atoms with Gasteiger partial charge in [-0.2, -0.15) is 5.10 Å². The lowest BCUT2D eigenvalue weighted by atomic mass is 9.98. The number of anilines is 1. The molecule has 0 atom stereocenters. The number of amides is 1. The van der Waals surface area contributed by atoms with Crippen molar-refractivity contribution < 1.29 is 17.6 Å². The summed E-state index contributed by atoms with van der Waals surface area (Å²) in [5, 5.41) is 11.4. The molecule has 0 aliphatic rings. The van der Waals surface area contributed by atoms with Crippen molar-refractivity contribution in [1.29, 1.82) is 0 Å². The van der Waals surface area contributed by atoms with E-state index in [1.165, 1.54) is 18.4 Å². The lowest BCUT2D eigenvalue weighted by Crippen LogP contribution is -2.14. The molecule has 0 bridgehead atoms. The average Bonchev–Trinajstić information content (AvgIpc) is 3.59. The molecular formula is C33H31FN6O3S. The predicted octanol–water partition coefficient (Wildman–Crippen LogP) is 6.55. The molecule has 11 heteroatoms. The number of H-pyrrole nitrogens is 2. The van der Waals surface area contributed by atoms with E-state index in [-0.39, 0.29) is 24.0 Å². The molecule has 6 aromatic rings. The van der Waals surface area contributed by atoms with Gasteiger partial charge in [-0.1, -0.05) is 32.0 Å². The maximum absolute atomic E-state index is 14.6. The molecule has 3 N–H and O–H groups in total. The molecule has 0 spiro atoms. The summed E-state index contributed by atoms with van der Waals surface area (Å²) in [4.78, 5) is 24.9. The SMILES string of the molecule is CC(C)CC(=O)Nc1cncc(-c2ccc3[nH]nc(-c4cc5c(-c6cc(F)cc(CCS(C)(=O)=O)c6)cccc5[nH]4)c3n2)c1. The van der Waals surface area contributed by atoms with Gasteiger partial charge in [0.15, 0.2) is 0 Å². The van der Waals surface area contributed by atoms with Crippen molar-refractivity contribution >= 4 is 43.4 Å². The second-order valence-corrected chi connectivity index (χ2v) is 13.7. The smallest absolute Gasteiger partial charge is 0.224 e. The molecule has 0 radical (unpaired) electrons. The van der Waals surface area contributed by atoms with Gasteiger partial charge in [0.1, 0.15) is 26.9 Å². The van der Waals surface area contributed by atoms with E-state index in [1.807, 2.05) is 62.4 Å². The molecule has 0 unspecified atom stereocenters. The monoisotopic (exact) mass is 610 g/mol. The minimum Gasteiger partial charge on any atom is -0.353 e. The highest BCUT2D eigenvalue weighted by atomic mass is 32.2. The summed E-state index contributed by atoms with van der Waals surface area (Å²) in [5.74, 6) is -0.301. The minimum absolute atomic E-state index is 0.0528. The highest BCUT2D eigenvalue weighted by molar-refractivity contribution is 7.90. The van der Waals surface area contributed by atoms with E-state index in [2.05, 4.69) is 25.5 Å². The number of nitrogens with zero attached hydrogens (tertiary/aromatic N) is 3. The molecule has 0 saturated heterocycles. The van der Waals surface area contributed by atoms with Crippen LogP contribution in [0.5, 0.6) is 0 Å². The molecule has 224 valence electrons. The third kappa shape index (κ3) is 6.37. The highest BCUT2D eigenvalue weighted by Crippen LogP contribution is 2.35. The first kappa shape index (κ1) is 29.2. The highest BCUT2D eigenvalue weighted by Gasteiger charge is 2.17. The number of carbonyl (C=O) groups is 1. The number of pyridine rings is 2. The van der Waals surface area contributed by atoms with Gasteiger partial charge in [-0.3, -0.25) is 14.9 Å². The number of carbonyl (C=O) groups excluding carboxylic acids is 1. The number of aromatic amines is 2. The van der Waals surface area contributed by atoms with Crippen molar-refractivity contribution in [3.63, 3.8) is 0 Å². The topological polar surface area (TPSA) is 133 Å². The molecular weight excluding hydrogens is 579 g/mol. The first-order chi connectivity index (χ1) is 21.0. The van der Waals surface area contributed by atoms with Gasteiger partial charge in [0, 0.05) is 35.3 Å². The Balaban J connectivity index is 1.36. The van der Waals surface area contributed by atoms with E-state index in [9.17, 15) is 17.6 Å². The van der Waals surface area contributed by atoms with Crippen LogP contribution in [-0.4, -0.2) is 51.5 Å². The Morgan fingerprint density at radius 1 is 1.00 bits per heavy atom. The third-order valence-electron chi connectivity index (χ3n) is 7.27. The Kier molecular flexibility index (Phi) is 7.73. The van der Waals surface area contributed by atoms with Crippen LogP contribution in [0.25, 0.3) is 55.7 Å². The molecule has 0 aliphatic heterocycles. The summed E-state index contributed by atoms with van der Waals surface area (Å²) in [7, 11) is -3.18. The fourth-order valence-corrected chi connectivity index (χ4v) is 5.87. The molecule has 0 saturated carbocycles. The summed E-state index contributed by atoms with van der Waals surface area (Å²) < 4.78 is 38.0. The molecule has 6 rings (SSSR count). The van der Waals surface area contributed by atoms with Gasteiger partial charge >= 0.3 is 0 Å². The maximum atomic E-state index is 14.6. The predicted molar refractivity (Wildman–Crippen MR) is 171 cm³/mol. The van der Waals surface area contributed by atoms with Crippen molar-refractivity contribution in [3.8, 4) is 33.8 Å². The van der Waals surface area contributed by atoms with Gasteiger partial charge in [0.25, 0.3) is 0 Å². The lowest BCUT2D eigenvalue weighted by Gasteiger charge is -2.08. The number of hydrogen-bond donors (Lipinski definition) is 3. The Hall–Kier alpha value is -4.90. The number of hydrogen-bond acceptors (Lipinski definition) is 6. The summed E-state index contributed by atoms with van der Waals surface area (Å²) in [6.45, 7) is 3.98. The second-order valence-electron chi connectivity index (χ2n) is 11.5. The zero-order valence-electron chi connectivity index (χ0n) is 24.5. The van der Waals surface area contributed by atoms with E-state index in [0.717, 1.165) is 33.2 Å². The number of fused-ring (bicyclic) bond motifs is 2. The van der Waals surface area contributed by atoms with Gasteiger partial charge in [-0.15, -0.1) is 0 Å². The Labute approximate surface area is 253 Å². The molecule has 2 aromatic carbocycles. The number of benzene rings is 2. The van der Waals surface area contributed by atoms with Crippen LogP contribution in [0.2, 0.25) is 0 Å². The Bertz CT molecular complexity index is 2130. The Morgan fingerprint density at radius 3 is 2.64 bits per heavy atom.